The summed E-state index contributed by atoms with van der Waals surface area (Å²) in [6, 6.07) is 7.11. The van der Waals surface area contributed by atoms with E-state index in [1.54, 1.807) is 12.2 Å². The number of rotatable bonds is 7. The quantitative estimate of drug-likeness (QED) is 0.751. The number of carbonyl (C=O) groups is 2. The number of carboxylic acids is 1. The van der Waals surface area contributed by atoms with Crippen LogP contribution in [-0.2, 0) is 16.0 Å². The van der Waals surface area contributed by atoms with Crippen LogP contribution in [0.25, 0.3) is 0 Å². The second kappa shape index (κ2) is 8.15. The standard InChI is InChI=1S/C16H21NO3/c1-3-4-5-14(16(19)20)17-15(18)11-10-13-8-6-12(2)7-9-13/h3-4,6-9,14H,5,10-11H2,1-2H3,(H,17,18)(H,19,20)/b4-3+. The lowest BCUT2D eigenvalue weighted by atomic mass is 10.1. The van der Waals surface area contributed by atoms with E-state index in [4.69, 9.17) is 5.11 Å². The third-order valence-corrected chi connectivity index (χ3v) is 3.00. The normalized spacial score (nSPS) is 12.3. The Balaban J connectivity index is 2.45. The van der Waals surface area contributed by atoms with Crippen LogP contribution in [0.4, 0.5) is 0 Å². The molecule has 0 aliphatic heterocycles. The van der Waals surface area contributed by atoms with Crippen LogP contribution in [0.15, 0.2) is 36.4 Å². The van der Waals surface area contributed by atoms with Crippen molar-refractivity contribution in [1.82, 2.24) is 5.32 Å². The fourth-order valence-corrected chi connectivity index (χ4v) is 1.77. The van der Waals surface area contributed by atoms with Gasteiger partial charge in [-0.2, -0.15) is 0 Å². The van der Waals surface area contributed by atoms with Crippen LogP contribution in [-0.4, -0.2) is 23.0 Å². The van der Waals surface area contributed by atoms with Crippen LogP contribution in [0.5, 0.6) is 0 Å². The maximum Gasteiger partial charge on any atom is 0.326 e. The van der Waals surface area contributed by atoms with Gasteiger partial charge in [-0.25, -0.2) is 4.79 Å². The van der Waals surface area contributed by atoms with Gasteiger partial charge in [-0.3, -0.25) is 4.79 Å². The fourth-order valence-electron chi connectivity index (χ4n) is 1.77. The van der Waals surface area contributed by atoms with E-state index in [2.05, 4.69) is 5.32 Å². The summed E-state index contributed by atoms with van der Waals surface area (Å²) in [4.78, 5) is 22.8. The van der Waals surface area contributed by atoms with Gasteiger partial charge < -0.3 is 10.4 Å². The lowest BCUT2D eigenvalue weighted by Gasteiger charge is -2.12. The largest absolute Gasteiger partial charge is 0.480 e. The zero-order chi connectivity index (χ0) is 15.0. The van der Waals surface area contributed by atoms with Gasteiger partial charge >= 0.3 is 5.97 Å². The highest BCUT2D eigenvalue weighted by molar-refractivity contribution is 5.83. The van der Waals surface area contributed by atoms with Crippen LogP contribution < -0.4 is 5.32 Å². The first-order valence-corrected chi connectivity index (χ1v) is 6.71. The third kappa shape index (κ3) is 5.69. The molecule has 2 N–H and O–H groups in total. The first kappa shape index (κ1) is 16.0. The van der Waals surface area contributed by atoms with Crippen LogP contribution in [0.3, 0.4) is 0 Å². The summed E-state index contributed by atoms with van der Waals surface area (Å²) >= 11 is 0. The van der Waals surface area contributed by atoms with Gasteiger partial charge in [-0.15, -0.1) is 0 Å². The number of aliphatic carboxylic acids is 1. The summed E-state index contributed by atoms with van der Waals surface area (Å²) in [6.45, 7) is 3.83. The van der Waals surface area contributed by atoms with E-state index in [9.17, 15) is 9.59 Å². The Morgan fingerprint density at radius 2 is 1.95 bits per heavy atom. The van der Waals surface area contributed by atoms with Crippen molar-refractivity contribution in [3.05, 3.63) is 47.5 Å². The Morgan fingerprint density at radius 1 is 1.30 bits per heavy atom. The van der Waals surface area contributed by atoms with Crippen LogP contribution >= 0.6 is 0 Å². The summed E-state index contributed by atoms with van der Waals surface area (Å²) in [5.74, 6) is -1.24. The molecule has 0 saturated heterocycles. The average molecular weight is 275 g/mol. The number of hydrogen-bond acceptors (Lipinski definition) is 2. The first-order chi connectivity index (χ1) is 9.52. The molecule has 108 valence electrons. The molecular formula is C16H21NO3. The van der Waals surface area contributed by atoms with Gasteiger partial charge in [0, 0.05) is 6.42 Å². The molecule has 0 radical (unpaired) electrons. The van der Waals surface area contributed by atoms with E-state index >= 15 is 0 Å². The molecule has 1 aromatic rings. The molecule has 1 unspecified atom stereocenters. The molecule has 0 aliphatic carbocycles. The van der Waals surface area contributed by atoms with E-state index in [1.165, 1.54) is 5.56 Å². The summed E-state index contributed by atoms with van der Waals surface area (Å²) in [6.07, 6.45) is 4.72. The molecule has 0 aliphatic rings. The Hall–Kier alpha value is -2.10. The second-order valence-electron chi connectivity index (χ2n) is 4.75. The molecule has 0 bridgehead atoms. The number of amides is 1. The zero-order valence-corrected chi connectivity index (χ0v) is 11.9. The Morgan fingerprint density at radius 3 is 2.50 bits per heavy atom. The van der Waals surface area contributed by atoms with Gasteiger partial charge in [0.2, 0.25) is 5.91 Å². The van der Waals surface area contributed by atoms with Gasteiger partial charge in [0.25, 0.3) is 0 Å². The summed E-state index contributed by atoms with van der Waals surface area (Å²) < 4.78 is 0. The molecule has 4 heteroatoms. The van der Waals surface area contributed by atoms with E-state index in [0.717, 1.165) is 5.56 Å². The van der Waals surface area contributed by atoms with Crippen molar-refractivity contribution in [3.63, 3.8) is 0 Å². The number of carbonyl (C=O) groups excluding carboxylic acids is 1. The summed E-state index contributed by atoms with van der Waals surface area (Å²) in [7, 11) is 0. The van der Waals surface area contributed by atoms with E-state index in [1.807, 2.05) is 38.1 Å². The van der Waals surface area contributed by atoms with Crippen molar-refractivity contribution in [2.24, 2.45) is 0 Å². The van der Waals surface area contributed by atoms with Gasteiger partial charge in [-0.1, -0.05) is 42.0 Å². The topological polar surface area (TPSA) is 66.4 Å². The Kier molecular flexibility index (Phi) is 6.50. The maximum atomic E-state index is 11.8. The highest BCUT2D eigenvalue weighted by atomic mass is 16.4. The fraction of sp³-hybridized carbons (Fsp3) is 0.375. The number of aryl methyl sites for hydroxylation is 2. The van der Waals surface area contributed by atoms with Crippen molar-refractivity contribution >= 4 is 11.9 Å². The van der Waals surface area contributed by atoms with Gasteiger partial charge in [0.1, 0.15) is 6.04 Å². The molecule has 0 fully saturated rings. The van der Waals surface area contributed by atoms with E-state index in [0.29, 0.717) is 19.3 Å². The van der Waals surface area contributed by atoms with Crippen molar-refractivity contribution in [2.75, 3.05) is 0 Å². The molecule has 1 aromatic carbocycles. The van der Waals surface area contributed by atoms with Crippen LogP contribution in [0, 0.1) is 6.92 Å². The SMILES string of the molecule is C/C=C/CC(NC(=O)CCc1ccc(C)cc1)C(=O)O. The lowest BCUT2D eigenvalue weighted by Crippen LogP contribution is -2.40. The minimum absolute atomic E-state index is 0.234. The summed E-state index contributed by atoms with van der Waals surface area (Å²) in [5, 5.41) is 11.6. The Labute approximate surface area is 119 Å². The summed E-state index contributed by atoms with van der Waals surface area (Å²) in [5.41, 5.74) is 2.25. The lowest BCUT2D eigenvalue weighted by molar-refractivity contribution is -0.141. The monoisotopic (exact) mass is 275 g/mol. The molecule has 0 aromatic heterocycles. The maximum absolute atomic E-state index is 11.8. The number of allylic oxidation sites excluding steroid dienone is 1. The predicted octanol–water partition coefficient (Wildman–Crippen LogP) is 2.46. The molecule has 4 nitrogen and oxygen atoms in total. The molecule has 20 heavy (non-hydrogen) atoms. The molecule has 0 heterocycles. The van der Waals surface area contributed by atoms with Crippen molar-refractivity contribution in [3.8, 4) is 0 Å². The molecular weight excluding hydrogens is 254 g/mol. The zero-order valence-electron chi connectivity index (χ0n) is 11.9. The van der Waals surface area contributed by atoms with E-state index in [-0.39, 0.29) is 5.91 Å². The van der Waals surface area contributed by atoms with Gasteiger partial charge in [0.05, 0.1) is 0 Å². The third-order valence-electron chi connectivity index (χ3n) is 3.00. The number of carboxylic acid groups (broad SMARTS) is 1. The minimum Gasteiger partial charge on any atom is -0.480 e. The first-order valence-electron chi connectivity index (χ1n) is 6.71. The number of hydrogen-bond donors (Lipinski definition) is 2. The minimum atomic E-state index is -1.01. The second-order valence-corrected chi connectivity index (χ2v) is 4.75. The van der Waals surface area contributed by atoms with Crippen molar-refractivity contribution in [1.29, 1.82) is 0 Å². The average Bonchev–Trinajstić information content (AvgIpc) is 2.42. The molecule has 0 saturated carbocycles. The molecule has 0 spiro atoms. The van der Waals surface area contributed by atoms with Crippen molar-refractivity contribution in [2.45, 2.75) is 39.2 Å². The van der Waals surface area contributed by atoms with Crippen LogP contribution in [0.1, 0.15) is 30.9 Å². The smallest absolute Gasteiger partial charge is 0.326 e. The highest BCUT2D eigenvalue weighted by Crippen LogP contribution is 2.06. The molecule has 1 amide bonds. The predicted molar refractivity (Wildman–Crippen MR) is 78.5 cm³/mol. The van der Waals surface area contributed by atoms with Crippen LogP contribution in [0.2, 0.25) is 0 Å². The molecule has 1 atom stereocenters. The number of nitrogens with one attached hydrogen (secondary N) is 1. The number of benzene rings is 1. The van der Waals surface area contributed by atoms with Gasteiger partial charge in [0.15, 0.2) is 0 Å². The van der Waals surface area contributed by atoms with E-state index < -0.39 is 12.0 Å². The molecule has 1 rings (SSSR count). The Bertz CT molecular complexity index is 477. The highest BCUT2D eigenvalue weighted by Gasteiger charge is 2.17. The van der Waals surface area contributed by atoms with Crippen molar-refractivity contribution < 1.29 is 14.7 Å². The van der Waals surface area contributed by atoms with Gasteiger partial charge in [-0.05, 0) is 32.3 Å².